The molecule has 1 heterocycles. The van der Waals surface area contributed by atoms with Crippen LogP contribution in [0.1, 0.15) is 32.3 Å². The van der Waals surface area contributed by atoms with Crippen LogP contribution in [0, 0.1) is 11.3 Å². The summed E-state index contributed by atoms with van der Waals surface area (Å²) >= 11 is 0. The first-order valence-electron chi connectivity index (χ1n) is 6.69. The van der Waals surface area contributed by atoms with Crippen molar-refractivity contribution in [3.63, 3.8) is 0 Å². The van der Waals surface area contributed by atoms with Gasteiger partial charge >= 0.3 is 0 Å². The Morgan fingerprint density at radius 1 is 1.55 bits per heavy atom. The van der Waals surface area contributed by atoms with E-state index in [1.165, 1.54) is 0 Å². The van der Waals surface area contributed by atoms with Gasteiger partial charge in [-0.1, -0.05) is 0 Å². The summed E-state index contributed by atoms with van der Waals surface area (Å²) in [4.78, 5) is 11.3. The summed E-state index contributed by atoms with van der Waals surface area (Å²) in [6.45, 7) is 3.58. The van der Waals surface area contributed by atoms with Crippen LogP contribution >= 0.6 is 0 Å². The van der Waals surface area contributed by atoms with E-state index < -0.39 is 5.54 Å². The molecule has 3 N–H and O–H groups in total. The second-order valence-electron chi connectivity index (χ2n) is 5.53. The second-order valence-corrected chi connectivity index (χ2v) is 5.53. The summed E-state index contributed by atoms with van der Waals surface area (Å²) in [6, 6.07) is 7.67. The van der Waals surface area contributed by atoms with E-state index in [9.17, 15) is 4.79 Å². The van der Waals surface area contributed by atoms with Gasteiger partial charge in [-0.15, -0.1) is 0 Å². The fourth-order valence-corrected chi connectivity index (χ4v) is 2.35. The zero-order valence-electron chi connectivity index (χ0n) is 11.8. The van der Waals surface area contributed by atoms with Crippen LogP contribution in [0.15, 0.2) is 18.2 Å². The first kappa shape index (κ1) is 14.4. The largest absolute Gasteiger partial charge is 0.491 e. The number of carbonyl (C=O) groups is 1. The van der Waals surface area contributed by atoms with Crippen LogP contribution in [0.2, 0.25) is 0 Å². The first-order valence-corrected chi connectivity index (χ1v) is 6.69. The van der Waals surface area contributed by atoms with Crippen molar-refractivity contribution in [1.82, 2.24) is 0 Å². The van der Waals surface area contributed by atoms with Crippen molar-refractivity contribution in [2.45, 2.75) is 44.8 Å². The Kier molecular flexibility index (Phi) is 3.96. The fraction of sp³-hybridized carbons (Fsp3) is 0.467. The summed E-state index contributed by atoms with van der Waals surface area (Å²) < 4.78 is 5.80. The molecule has 1 aromatic carbocycles. The highest BCUT2D eigenvalue weighted by atomic mass is 16.5. The SMILES string of the molecule is CC(CC(C)(N)C#N)Oc1ccc2c(c1)CCC(=O)N2. The van der Waals surface area contributed by atoms with Crippen molar-refractivity contribution < 1.29 is 9.53 Å². The number of nitrogens with one attached hydrogen (secondary N) is 1. The minimum absolute atomic E-state index is 0.0486. The molecule has 5 heteroatoms. The number of ether oxygens (including phenoxy) is 1. The molecule has 0 aromatic heterocycles. The van der Waals surface area contributed by atoms with Crippen LogP contribution in [0.25, 0.3) is 0 Å². The van der Waals surface area contributed by atoms with Gasteiger partial charge in [-0.05, 0) is 44.0 Å². The summed E-state index contributed by atoms with van der Waals surface area (Å²) in [5.41, 5.74) is 6.84. The van der Waals surface area contributed by atoms with Gasteiger partial charge in [-0.2, -0.15) is 5.26 Å². The van der Waals surface area contributed by atoms with Gasteiger partial charge < -0.3 is 15.8 Å². The van der Waals surface area contributed by atoms with Gasteiger partial charge in [-0.25, -0.2) is 0 Å². The van der Waals surface area contributed by atoms with E-state index in [0.29, 0.717) is 12.8 Å². The Hall–Kier alpha value is -2.06. The van der Waals surface area contributed by atoms with E-state index >= 15 is 0 Å². The van der Waals surface area contributed by atoms with E-state index in [4.69, 9.17) is 15.7 Å². The van der Waals surface area contributed by atoms with Gasteiger partial charge in [0.2, 0.25) is 5.91 Å². The van der Waals surface area contributed by atoms with Crippen molar-refractivity contribution >= 4 is 11.6 Å². The smallest absolute Gasteiger partial charge is 0.224 e. The molecular formula is C15H19N3O2. The van der Waals surface area contributed by atoms with E-state index in [1.807, 2.05) is 25.1 Å². The fourth-order valence-electron chi connectivity index (χ4n) is 2.35. The van der Waals surface area contributed by atoms with Crippen LogP contribution in [-0.2, 0) is 11.2 Å². The lowest BCUT2D eigenvalue weighted by molar-refractivity contribution is -0.116. The summed E-state index contributed by atoms with van der Waals surface area (Å²) in [5, 5.41) is 11.8. The lowest BCUT2D eigenvalue weighted by atomic mass is 9.98. The normalized spacial score (nSPS) is 18.2. The molecular weight excluding hydrogens is 254 g/mol. The Balaban J connectivity index is 2.04. The monoisotopic (exact) mass is 273 g/mol. The molecule has 0 aliphatic carbocycles. The maximum absolute atomic E-state index is 11.3. The minimum atomic E-state index is -0.887. The Morgan fingerprint density at radius 2 is 2.30 bits per heavy atom. The van der Waals surface area contributed by atoms with Gasteiger partial charge in [0.25, 0.3) is 0 Å². The Labute approximate surface area is 118 Å². The van der Waals surface area contributed by atoms with Crippen molar-refractivity contribution in [3.8, 4) is 11.8 Å². The highest BCUT2D eigenvalue weighted by molar-refractivity contribution is 5.93. The third-order valence-corrected chi connectivity index (χ3v) is 3.28. The van der Waals surface area contributed by atoms with E-state index in [2.05, 4.69) is 11.4 Å². The zero-order chi connectivity index (χ0) is 14.8. The predicted octanol–water partition coefficient (Wildman–Crippen LogP) is 1.97. The summed E-state index contributed by atoms with van der Waals surface area (Å²) in [6.07, 6.45) is 1.53. The van der Waals surface area contributed by atoms with Crippen LogP contribution in [0.5, 0.6) is 5.75 Å². The van der Waals surface area contributed by atoms with E-state index in [1.54, 1.807) is 6.92 Å². The highest BCUT2D eigenvalue weighted by Gasteiger charge is 2.22. The molecule has 5 nitrogen and oxygen atoms in total. The van der Waals surface area contributed by atoms with Crippen molar-refractivity contribution in [2.75, 3.05) is 5.32 Å². The molecule has 0 saturated heterocycles. The maximum Gasteiger partial charge on any atom is 0.224 e. The van der Waals surface area contributed by atoms with Crippen LogP contribution in [-0.4, -0.2) is 17.6 Å². The van der Waals surface area contributed by atoms with Crippen molar-refractivity contribution in [2.24, 2.45) is 5.73 Å². The third kappa shape index (κ3) is 3.49. The van der Waals surface area contributed by atoms with Crippen LogP contribution in [0.3, 0.4) is 0 Å². The number of hydrogen-bond donors (Lipinski definition) is 2. The molecule has 0 radical (unpaired) electrons. The van der Waals surface area contributed by atoms with Gasteiger partial charge in [0.1, 0.15) is 11.3 Å². The number of anilines is 1. The zero-order valence-corrected chi connectivity index (χ0v) is 11.8. The predicted molar refractivity (Wildman–Crippen MR) is 76.3 cm³/mol. The third-order valence-electron chi connectivity index (χ3n) is 3.28. The standard InChI is InChI=1S/C15H19N3O2/c1-10(8-15(2,17)9-16)20-12-4-5-13-11(7-12)3-6-14(19)18-13/h4-5,7,10H,3,6,8,17H2,1-2H3,(H,18,19). The number of nitrogens with zero attached hydrogens (tertiary/aromatic N) is 1. The number of carbonyl (C=O) groups excluding carboxylic acids is 1. The lowest BCUT2D eigenvalue weighted by Crippen LogP contribution is -2.38. The number of amides is 1. The molecule has 1 aliphatic rings. The van der Waals surface area contributed by atoms with Crippen molar-refractivity contribution in [3.05, 3.63) is 23.8 Å². The van der Waals surface area contributed by atoms with Crippen molar-refractivity contribution in [1.29, 1.82) is 5.26 Å². The molecule has 20 heavy (non-hydrogen) atoms. The van der Waals surface area contributed by atoms with E-state index in [-0.39, 0.29) is 12.0 Å². The average molecular weight is 273 g/mol. The van der Waals surface area contributed by atoms with Gasteiger partial charge in [0.15, 0.2) is 0 Å². The van der Waals surface area contributed by atoms with Gasteiger partial charge in [0, 0.05) is 18.5 Å². The molecule has 1 aromatic rings. The number of hydrogen-bond acceptors (Lipinski definition) is 4. The first-order chi connectivity index (χ1) is 9.39. The average Bonchev–Trinajstić information content (AvgIpc) is 2.38. The number of fused-ring (bicyclic) bond motifs is 1. The molecule has 2 unspecified atom stereocenters. The minimum Gasteiger partial charge on any atom is -0.491 e. The maximum atomic E-state index is 11.3. The molecule has 0 spiro atoms. The quantitative estimate of drug-likeness (QED) is 0.877. The summed E-state index contributed by atoms with van der Waals surface area (Å²) in [7, 11) is 0. The number of nitriles is 1. The molecule has 1 amide bonds. The van der Waals surface area contributed by atoms with Crippen LogP contribution in [0.4, 0.5) is 5.69 Å². The van der Waals surface area contributed by atoms with Crippen LogP contribution < -0.4 is 15.8 Å². The number of nitrogens with two attached hydrogens (primary N) is 1. The molecule has 106 valence electrons. The molecule has 0 fully saturated rings. The second kappa shape index (κ2) is 5.51. The Morgan fingerprint density at radius 3 is 3.00 bits per heavy atom. The van der Waals surface area contributed by atoms with Gasteiger partial charge in [-0.3, -0.25) is 4.79 Å². The van der Waals surface area contributed by atoms with Gasteiger partial charge in [0.05, 0.1) is 12.2 Å². The number of benzene rings is 1. The molecule has 2 atom stereocenters. The molecule has 0 bridgehead atoms. The Bertz CT molecular complexity index is 561. The summed E-state index contributed by atoms with van der Waals surface area (Å²) in [5.74, 6) is 0.786. The number of rotatable bonds is 4. The topological polar surface area (TPSA) is 88.1 Å². The van der Waals surface area contributed by atoms with E-state index in [0.717, 1.165) is 23.4 Å². The highest BCUT2D eigenvalue weighted by Crippen LogP contribution is 2.27. The molecule has 1 aliphatic heterocycles. The molecule has 2 rings (SSSR count). The molecule has 0 saturated carbocycles. The number of aryl methyl sites for hydroxylation is 1. The lowest BCUT2D eigenvalue weighted by Gasteiger charge is -2.23.